The molecule has 0 saturated carbocycles. The third kappa shape index (κ3) is 4.06. The fraction of sp³-hybridized carbons (Fsp3) is 0.538. The highest BCUT2D eigenvalue weighted by atomic mass is 19.1. The molecular formula is C13H20F2N2. The maximum absolute atomic E-state index is 13.7. The SMILES string of the molecule is CN(C)C(CC(C)(C)N)c1cc(F)ccc1F. The summed E-state index contributed by atoms with van der Waals surface area (Å²) >= 11 is 0. The van der Waals surface area contributed by atoms with Gasteiger partial charge in [0.1, 0.15) is 11.6 Å². The van der Waals surface area contributed by atoms with E-state index in [1.807, 2.05) is 32.8 Å². The van der Waals surface area contributed by atoms with Crippen molar-refractivity contribution in [3.63, 3.8) is 0 Å². The molecule has 0 aliphatic rings. The molecule has 4 heteroatoms. The van der Waals surface area contributed by atoms with Gasteiger partial charge in [0.2, 0.25) is 0 Å². The molecule has 0 fully saturated rings. The molecule has 0 spiro atoms. The molecule has 0 aromatic heterocycles. The first-order valence-electron chi connectivity index (χ1n) is 5.61. The predicted molar refractivity (Wildman–Crippen MR) is 65.7 cm³/mol. The Balaban J connectivity index is 3.10. The number of nitrogens with zero attached hydrogens (tertiary/aromatic N) is 1. The molecular weight excluding hydrogens is 222 g/mol. The maximum Gasteiger partial charge on any atom is 0.128 e. The minimum Gasteiger partial charge on any atom is -0.325 e. The molecule has 0 radical (unpaired) electrons. The Labute approximate surface area is 101 Å². The summed E-state index contributed by atoms with van der Waals surface area (Å²) in [5.74, 6) is -0.822. The Bertz CT molecular complexity index is 383. The van der Waals surface area contributed by atoms with Gasteiger partial charge in [-0.1, -0.05) is 0 Å². The third-order valence-electron chi connectivity index (χ3n) is 2.66. The van der Waals surface area contributed by atoms with Gasteiger partial charge in [0.25, 0.3) is 0 Å². The predicted octanol–water partition coefficient (Wildman–Crippen LogP) is 2.69. The second kappa shape index (κ2) is 5.10. The van der Waals surface area contributed by atoms with Crippen LogP contribution in [0.1, 0.15) is 31.9 Å². The Hall–Kier alpha value is -1.00. The lowest BCUT2D eigenvalue weighted by molar-refractivity contribution is 0.237. The van der Waals surface area contributed by atoms with Gasteiger partial charge in [0.15, 0.2) is 0 Å². The first-order chi connectivity index (χ1) is 7.70. The van der Waals surface area contributed by atoms with Gasteiger partial charge in [-0.15, -0.1) is 0 Å². The molecule has 1 aromatic rings. The fourth-order valence-corrected chi connectivity index (χ4v) is 1.84. The lowest BCUT2D eigenvalue weighted by atomic mass is 9.91. The van der Waals surface area contributed by atoms with Crippen molar-refractivity contribution in [3.8, 4) is 0 Å². The zero-order chi connectivity index (χ0) is 13.2. The van der Waals surface area contributed by atoms with E-state index >= 15 is 0 Å². The number of hydrogen-bond acceptors (Lipinski definition) is 2. The zero-order valence-corrected chi connectivity index (χ0v) is 10.8. The zero-order valence-electron chi connectivity index (χ0n) is 10.8. The molecule has 1 rings (SSSR count). The van der Waals surface area contributed by atoms with Crippen LogP contribution in [0.2, 0.25) is 0 Å². The van der Waals surface area contributed by atoms with Crippen LogP contribution < -0.4 is 5.73 Å². The van der Waals surface area contributed by atoms with Gasteiger partial charge in [-0.2, -0.15) is 0 Å². The average Bonchev–Trinajstić information content (AvgIpc) is 2.17. The van der Waals surface area contributed by atoms with Crippen molar-refractivity contribution < 1.29 is 8.78 Å². The molecule has 0 aliphatic heterocycles. The van der Waals surface area contributed by atoms with Crippen LogP contribution in [0.25, 0.3) is 0 Å². The van der Waals surface area contributed by atoms with Gasteiger partial charge in [-0.3, -0.25) is 0 Å². The quantitative estimate of drug-likeness (QED) is 0.879. The molecule has 0 aliphatic carbocycles. The third-order valence-corrected chi connectivity index (χ3v) is 2.66. The van der Waals surface area contributed by atoms with E-state index in [4.69, 9.17) is 5.73 Å². The second-order valence-corrected chi connectivity index (χ2v) is 5.34. The summed E-state index contributed by atoms with van der Waals surface area (Å²) in [5.41, 5.74) is 5.88. The van der Waals surface area contributed by atoms with Crippen LogP contribution >= 0.6 is 0 Å². The summed E-state index contributed by atoms with van der Waals surface area (Å²) in [6.07, 6.45) is 0.556. The monoisotopic (exact) mass is 242 g/mol. The van der Waals surface area contributed by atoms with Gasteiger partial charge >= 0.3 is 0 Å². The van der Waals surface area contributed by atoms with E-state index in [1.54, 1.807) is 0 Å². The Morgan fingerprint density at radius 3 is 2.35 bits per heavy atom. The lowest BCUT2D eigenvalue weighted by Gasteiger charge is -2.31. The molecule has 17 heavy (non-hydrogen) atoms. The molecule has 0 saturated heterocycles. The molecule has 96 valence electrons. The molecule has 0 bridgehead atoms. The van der Waals surface area contributed by atoms with Crippen LogP contribution in [-0.2, 0) is 0 Å². The summed E-state index contributed by atoms with van der Waals surface area (Å²) in [7, 11) is 3.67. The lowest BCUT2D eigenvalue weighted by Crippen LogP contribution is -2.37. The summed E-state index contributed by atoms with van der Waals surface area (Å²) < 4.78 is 26.9. The Kier molecular flexibility index (Phi) is 4.22. The molecule has 0 heterocycles. The van der Waals surface area contributed by atoms with E-state index in [0.29, 0.717) is 12.0 Å². The summed E-state index contributed by atoms with van der Waals surface area (Å²) in [5, 5.41) is 0. The van der Waals surface area contributed by atoms with E-state index in [0.717, 1.165) is 12.1 Å². The highest BCUT2D eigenvalue weighted by Gasteiger charge is 2.25. The number of halogens is 2. The second-order valence-electron chi connectivity index (χ2n) is 5.34. The van der Waals surface area contributed by atoms with Crippen LogP contribution in [0.15, 0.2) is 18.2 Å². The smallest absolute Gasteiger partial charge is 0.128 e. The normalized spacial score (nSPS) is 14.1. The first-order valence-corrected chi connectivity index (χ1v) is 5.61. The van der Waals surface area contributed by atoms with E-state index in [-0.39, 0.29) is 6.04 Å². The number of rotatable bonds is 4. The van der Waals surface area contributed by atoms with Crippen molar-refractivity contribution >= 4 is 0 Å². The number of nitrogens with two attached hydrogens (primary N) is 1. The van der Waals surface area contributed by atoms with Gasteiger partial charge < -0.3 is 10.6 Å². The Morgan fingerprint density at radius 2 is 1.88 bits per heavy atom. The van der Waals surface area contributed by atoms with Crippen molar-refractivity contribution in [2.75, 3.05) is 14.1 Å². The van der Waals surface area contributed by atoms with Crippen molar-refractivity contribution in [3.05, 3.63) is 35.4 Å². The van der Waals surface area contributed by atoms with Crippen molar-refractivity contribution in [2.45, 2.75) is 31.8 Å². The van der Waals surface area contributed by atoms with Crippen molar-refractivity contribution in [1.29, 1.82) is 0 Å². The highest BCUT2D eigenvalue weighted by Crippen LogP contribution is 2.29. The molecule has 2 N–H and O–H groups in total. The van der Waals surface area contributed by atoms with Crippen LogP contribution in [0.5, 0.6) is 0 Å². The molecule has 2 nitrogen and oxygen atoms in total. The van der Waals surface area contributed by atoms with Gasteiger partial charge in [0, 0.05) is 17.1 Å². The number of hydrogen-bond donors (Lipinski definition) is 1. The minimum absolute atomic E-state index is 0.231. The number of benzene rings is 1. The molecule has 1 aromatic carbocycles. The summed E-state index contributed by atoms with van der Waals surface area (Å²) in [6.45, 7) is 3.75. The van der Waals surface area contributed by atoms with Gasteiger partial charge in [0.05, 0.1) is 0 Å². The summed E-state index contributed by atoms with van der Waals surface area (Å²) in [6, 6.07) is 3.29. The largest absolute Gasteiger partial charge is 0.325 e. The van der Waals surface area contributed by atoms with Gasteiger partial charge in [-0.25, -0.2) is 8.78 Å². The molecule has 1 atom stereocenters. The van der Waals surface area contributed by atoms with E-state index < -0.39 is 17.2 Å². The summed E-state index contributed by atoms with van der Waals surface area (Å²) in [4.78, 5) is 1.85. The van der Waals surface area contributed by atoms with E-state index in [9.17, 15) is 8.78 Å². The Morgan fingerprint density at radius 1 is 1.29 bits per heavy atom. The van der Waals surface area contributed by atoms with E-state index in [1.165, 1.54) is 6.07 Å². The van der Waals surface area contributed by atoms with E-state index in [2.05, 4.69) is 0 Å². The van der Waals surface area contributed by atoms with Crippen LogP contribution in [-0.4, -0.2) is 24.5 Å². The highest BCUT2D eigenvalue weighted by molar-refractivity contribution is 5.23. The van der Waals surface area contributed by atoms with Crippen LogP contribution in [0, 0.1) is 11.6 Å². The first kappa shape index (κ1) is 14.1. The van der Waals surface area contributed by atoms with Crippen LogP contribution in [0.3, 0.4) is 0 Å². The van der Waals surface area contributed by atoms with Gasteiger partial charge in [-0.05, 0) is 52.6 Å². The van der Waals surface area contributed by atoms with Crippen molar-refractivity contribution in [2.24, 2.45) is 5.73 Å². The molecule has 1 unspecified atom stereocenters. The maximum atomic E-state index is 13.7. The van der Waals surface area contributed by atoms with Crippen LogP contribution in [0.4, 0.5) is 8.78 Å². The minimum atomic E-state index is -0.437. The topological polar surface area (TPSA) is 29.3 Å². The molecule has 0 amide bonds. The standard InChI is InChI=1S/C13H20F2N2/c1-13(2,16)8-12(17(3)4)10-7-9(14)5-6-11(10)15/h5-7,12H,8,16H2,1-4H3. The fourth-order valence-electron chi connectivity index (χ4n) is 1.84. The van der Waals surface area contributed by atoms with Crippen molar-refractivity contribution in [1.82, 2.24) is 4.90 Å². The average molecular weight is 242 g/mol.